The van der Waals surface area contributed by atoms with Crippen LogP contribution in [0.4, 0.5) is 9.59 Å². The Balaban J connectivity index is 0.977. The number of hydrogen-bond acceptors (Lipinski definition) is 6. The number of benzene rings is 4. The first kappa shape index (κ1) is 34.5. The number of fused-ring (bicyclic) bond motifs is 3. The topological polar surface area (TPSA) is 88.9 Å². The highest BCUT2D eigenvalue weighted by Crippen LogP contribution is 2.44. The molecule has 1 aliphatic heterocycles. The van der Waals surface area contributed by atoms with Gasteiger partial charge >= 0.3 is 12.1 Å². The van der Waals surface area contributed by atoms with Crippen LogP contribution < -0.4 is 5.32 Å². The third-order valence-corrected chi connectivity index (χ3v) is 10.9. The SMILES string of the molecule is CN1CCN(Cc2ccc(-c3ccc(C(C#N)CNC(=O)N(C(=O)OCC4c5ccccc5-c5ccccc54)C4CCCCC4)cc3)cc2)CC1. The normalized spacial score (nSPS) is 17.2. The van der Waals surface area contributed by atoms with Crippen LogP contribution in [0.1, 0.15) is 66.2 Å². The maximum atomic E-state index is 13.7. The number of urea groups is 1. The fraction of sp³-hybridized carbons (Fsp3) is 0.372. The zero-order chi connectivity index (χ0) is 35.2. The average molecular weight is 682 g/mol. The summed E-state index contributed by atoms with van der Waals surface area (Å²) in [5.41, 5.74) is 8.88. The molecule has 0 spiro atoms. The fourth-order valence-electron chi connectivity index (χ4n) is 7.89. The minimum absolute atomic E-state index is 0.0928. The number of nitriles is 1. The summed E-state index contributed by atoms with van der Waals surface area (Å²) in [6.07, 6.45) is 3.86. The van der Waals surface area contributed by atoms with E-state index in [-0.39, 0.29) is 25.1 Å². The average Bonchev–Trinajstić information content (AvgIpc) is 3.49. The van der Waals surface area contributed by atoms with Crippen molar-refractivity contribution in [3.8, 4) is 28.3 Å². The molecule has 0 radical (unpaired) electrons. The van der Waals surface area contributed by atoms with Crippen molar-refractivity contribution in [2.24, 2.45) is 0 Å². The van der Waals surface area contributed by atoms with Crippen LogP contribution in [0.2, 0.25) is 0 Å². The molecule has 8 nitrogen and oxygen atoms in total. The van der Waals surface area contributed by atoms with E-state index >= 15 is 0 Å². The second kappa shape index (κ2) is 15.9. The summed E-state index contributed by atoms with van der Waals surface area (Å²) in [7, 11) is 2.17. The minimum atomic E-state index is -0.631. The number of piperazine rings is 1. The van der Waals surface area contributed by atoms with Crippen molar-refractivity contribution in [1.29, 1.82) is 5.26 Å². The Bertz CT molecular complexity index is 1810. The van der Waals surface area contributed by atoms with E-state index < -0.39 is 18.0 Å². The zero-order valence-corrected chi connectivity index (χ0v) is 29.5. The Morgan fingerprint density at radius 2 is 1.41 bits per heavy atom. The Morgan fingerprint density at radius 1 is 0.824 bits per heavy atom. The van der Waals surface area contributed by atoms with Gasteiger partial charge in [-0.3, -0.25) is 4.90 Å². The van der Waals surface area contributed by atoms with Crippen LogP contribution in [0.15, 0.2) is 97.1 Å². The van der Waals surface area contributed by atoms with Crippen molar-refractivity contribution >= 4 is 12.1 Å². The lowest BCUT2D eigenvalue weighted by molar-refractivity contribution is 0.0872. The van der Waals surface area contributed by atoms with Gasteiger partial charge in [-0.2, -0.15) is 5.26 Å². The lowest BCUT2D eigenvalue weighted by Crippen LogP contribution is -2.51. The van der Waals surface area contributed by atoms with Gasteiger partial charge in [-0.25, -0.2) is 14.5 Å². The van der Waals surface area contributed by atoms with Gasteiger partial charge in [0.25, 0.3) is 0 Å². The fourth-order valence-corrected chi connectivity index (χ4v) is 7.89. The van der Waals surface area contributed by atoms with E-state index in [2.05, 4.69) is 76.8 Å². The molecule has 0 bridgehead atoms. The van der Waals surface area contributed by atoms with Crippen LogP contribution in [0.25, 0.3) is 22.3 Å². The quantitative estimate of drug-likeness (QED) is 0.193. The van der Waals surface area contributed by atoms with Crippen LogP contribution in [0, 0.1) is 11.3 Å². The van der Waals surface area contributed by atoms with E-state index in [1.807, 2.05) is 48.5 Å². The first-order valence-corrected chi connectivity index (χ1v) is 18.4. The summed E-state index contributed by atoms with van der Waals surface area (Å²) in [6, 6.07) is 34.7. The molecule has 51 heavy (non-hydrogen) atoms. The third-order valence-electron chi connectivity index (χ3n) is 10.9. The third kappa shape index (κ3) is 7.85. The highest BCUT2D eigenvalue weighted by Gasteiger charge is 2.35. The molecule has 4 aromatic carbocycles. The molecule has 3 amide bonds. The van der Waals surface area contributed by atoms with E-state index in [1.54, 1.807) is 0 Å². The molecule has 262 valence electrons. The molecule has 0 aromatic heterocycles. The summed E-state index contributed by atoms with van der Waals surface area (Å²) in [4.78, 5) is 33.6. The van der Waals surface area contributed by atoms with Gasteiger partial charge in [0.2, 0.25) is 0 Å². The molecule has 2 fully saturated rings. The molecule has 7 rings (SSSR count). The molecule has 3 aliphatic rings. The Hall–Kier alpha value is -4.97. The van der Waals surface area contributed by atoms with Gasteiger partial charge in [0.05, 0.1) is 12.0 Å². The second-order valence-corrected chi connectivity index (χ2v) is 14.2. The molecular formula is C43H47N5O3. The molecule has 2 aliphatic carbocycles. The number of carbonyl (C=O) groups excluding carboxylic acids is 2. The number of ether oxygens (including phenoxy) is 1. The van der Waals surface area contributed by atoms with E-state index in [1.165, 1.54) is 10.5 Å². The number of imide groups is 1. The Labute approximate surface area is 301 Å². The molecule has 1 atom stereocenters. The molecular weight excluding hydrogens is 635 g/mol. The van der Waals surface area contributed by atoms with Gasteiger partial charge in [-0.05, 0) is 64.4 Å². The van der Waals surface area contributed by atoms with Crippen molar-refractivity contribution in [3.63, 3.8) is 0 Å². The van der Waals surface area contributed by atoms with Gasteiger partial charge in [0, 0.05) is 51.2 Å². The van der Waals surface area contributed by atoms with E-state index in [0.717, 1.165) is 104 Å². The van der Waals surface area contributed by atoms with Gasteiger partial charge in [0.1, 0.15) is 6.61 Å². The summed E-state index contributed by atoms with van der Waals surface area (Å²) in [5, 5.41) is 13.0. The van der Waals surface area contributed by atoms with E-state index in [9.17, 15) is 14.9 Å². The van der Waals surface area contributed by atoms with Crippen LogP contribution in [-0.2, 0) is 11.3 Å². The largest absolute Gasteiger partial charge is 0.448 e. The predicted molar refractivity (Wildman–Crippen MR) is 200 cm³/mol. The zero-order valence-electron chi connectivity index (χ0n) is 29.5. The van der Waals surface area contributed by atoms with Crippen molar-refractivity contribution in [3.05, 3.63) is 119 Å². The van der Waals surface area contributed by atoms with Gasteiger partial charge in [-0.1, -0.05) is 116 Å². The molecule has 1 heterocycles. The molecule has 1 unspecified atom stereocenters. The van der Waals surface area contributed by atoms with Crippen molar-refractivity contribution in [2.75, 3.05) is 46.4 Å². The Kier molecular flexibility index (Phi) is 10.8. The number of likely N-dealkylation sites (N-methyl/N-ethyl adjacent to an activating group) is 1. The lowest BCUT2D eigenvalue weighted by atomic mass is 9.94. The van der Waals surface area contributed by atoms with Crippen molar-refractivity contribution < 1.29 is 14.3 Å². The summed E-state index contributed by atoms with van der Waals surface area (Å²) >= 11 is 0. The molecule has 1 saturated carbocycles. The summed E-state index contributed by atoms with van der Waals surface area (Å²) in [6.45, 7) is 5.60. The Morgan fingerprint density at radius 3 is 2.02 bits per heavy atom. The van der Waals surface area contributed by atoms with Crippen molar-refractivity contribution in [1.82, 2.24) is 20.0 Å². The number of rotatable bonds is 9. The lowest BCUT2D eigenvalue weighted by Gasteiger charge is -2.32. The number of nitrogens with one attached hydrogen (secondary N) is 1. The number of hydrogen-bond donors (Lipinski definition) is 1. The maximum absolute atomic E-state index is 13.7. The molecule has 1 N–H and O–H groups in total. The number of nitrogens with zero attached hydrogens (tertiary/aromatic N) is 4. The van der Waals surface area contributed by atoms with E-state index in [0.29, 0.717) is 0 Å². The highest BCUT2D eigenvalue weighted by atomic mass is 16.6. The summed E-state index contributed by atoms with van der Waals surface area (Å²) in [5.74, 6) is -0.659. The standard InChI is InChI=1S/C43H47N5O3/c1-46-23-25-47(26-24-46)29-31-15-17-32(18-16-31)33-19-21-34(22-20-33)35(27-44)28-45-42(49)48(36-9-3-2-4-10-36)43(50)51-30-41-39-13-7-5-11-37(39)38-12-6-8-14-40(38)41/h5-8,11-22,35-36,41H,2-4,9-10,23-26,28-30H2,1H3,(H,45,49). The number of amides is 3. The monoisotopic (exact) mass is 681 g/mol. The van der Waals surface area contributed by atoms with Gasteiger partial charge in [0.15, 0.2) is 0 Å². The highest BCUT2D eigenvalue weighted by molar-refractivity contribution is 5.91. The van der Waals surface area contributed by atoms with Crippen LogP contribution in [0.5, 0.6) is 0 Å². The minimum Gasteiger partial charge on any atom is -0.448 e. The van der Waals surface area contributed by atoms with Crippen LogP contribution in [-0.4, -0.2) is 79.2 Å². The van der Waals surface area contributed by atoms with Crippen molar-refractivity contribution in [2.45, 2.75) is 56.5 Å². The van der Waals surface area contributed by atoms with Crippen LogP contribution in [0.3, 0.4) is 0 Å². The molecule has 1 saturated heterocycles. The maximum Gasteiger partial charge on any atom is 0.418 e. The number of carbonyl (C=O) groups is 2. The summed E-state index contributed by atoms with van der Waals surface area (Å²) < 4.78 is 5.96. The smallest absolute Gasteiger partial charge is 0.418 e. The first-order chi connectivity index (χ1) is 25.0. The molecule has 4 aromatic rings. The van der Waals surface area contributed by atoms with Gasteiger partial charge < -0.3 is 15.0 Å². The van der Waals surface area contributed by atoms with Crippen LogP contribution >= 0.6 is 0 Å². The molecule has 8 heteroatoms. The van der Waals surface area contributed by atoms with Gasteiger partial charge in [-0.15, -0.1) is 0 Å². The first-order valence-electron chi connectivity index (χ1n) is 18.4. The predicted octanol–water partition coefficient (Wildman–Crippen LogP) is 8.00. The van der Waals surface area contributed by atoms with E-state index in [4.69, 9.17) is 4.74 Å². The second-order valence-electron chi connectivity index (χ2n) is 14.2.